The Balaban J connectivity index is 2.16. The molecule has 0 radical (unpaired) electrons. The lowest BCUT2D eigenvalue weighted by Gasteiger charge is -2.23. The van der Waals surface area contributed by atoms with Gasteiger partial charge in [-0.05, 0) is 44.7 Å². The molecule has 0 fully saturated rings. The fourth-order valence-electron chi connectivity index (χ4n) is 3.37. The first-order valence-corrected chi connectivity index (χ1v) is 10.6. The standard InChI is InChI=1S/C23H30N4O5/c1-14(2)32-23(31)20(10-6-7-17(24)13-28)27-22(30)21(26-15(3)29)11-16-12-25-19-9-5-4-8-18(16)19/h4-5,8-9,12-14,20-21,24-25H,6-7,10-11H2,1-3H3,(H,26,29)(H,27,30)/t20-,21-/m0/s1. The van der Waals surface area contributed by atoms with Crippen LogP contribution >= 0.6 is 0 Å². The third kappa shape index (κ3) is 7.33. The van der Waals surface area contributed by atoms with Crippen LogP contribution in [-0.4, -0.2) is 53.0 Å². The summed E-state index contributed by atoms with van der Waals surface area (Å²) in [4.78, 5) is 51.1. The van der Waals surface area contributed by atoms with E-state index in [0.717, 1.165) is 16.5 Å². The fourth-order valence-corrected chi connectivity index (χ4v) is 3.37. The van der Waals surface area contributed by atoms with Crippen LogP contribution in [0.5, 0.6) is 0 Å². The minimum absolute atomic E-state index is 0.0808. The molecule has 0 unspecified atom stereocenters. The highest BCUT2D eigenvalue weighted by Crippen LogP contribution is 2.19. The lowest BCUT2D eigenvalue weighted by atomic mass is 10.0. The molecule has 1 aromatic heterocycles. The Morgan fingerprint density at radius 1 is 1.16 bits per heavy atom. The Kier molecular flexibility index (Phi) is 9.12. The molecule has 9 heteroatoms. The molecule has 0 bridgehead atoms. The first-order valence-electron chi connectivity index (χ1n) is 10.6. The predicted molar refractivity (Wildman–Crippen MR) is 120 cm³/mol. The topological polar surface area (TPSA) is 141 Å². The Morgan fingerprint density at radius 2 is 1.88 bits per heavy atom. The highest BCUT2D eigenvalue weighted by Gasteiger charge is 2.28. The number of para-hydroxylation sites is 1. The van der Waals surface area contributed by atoms with Crippen molar-refractivity contribution >= 4 is 40.7 Å². The number of carbonyl (C=O) groups is 4. The quantitative estimate of drug-likeness (QED) is 0.226. The van der Waals surface area contributed by atoms with E-state index in [9.17, 15) is 19.2 Å². The second kappa shape index (κ2) is 11.8. The van der Waals surface area contributed by atoms with Crippen molar-refractivity contribution in [3.8, 4) is 0 Å². The van der Waals surface area contributed by atoms with E-state index in [4.69, 9.17) is 10.1 Å². The Bertz CT molecular complexity index is 982. The van der Waals surface area contributed by atoms with Crippen molar-refractivity contribution in [2.45, 2.75) is 64.6 Å². The molecule has 2 aromatic rings. The van der Waals surface area contributed by atoms with Crippen LogP contribution in [0.1, 0.15) is 45.6 Å². The average Bonchev–Trinajstić information content (AvgIpc) is 3.14. The number of hydrogen-bond donors (Lipinski definition) is 4. The summed E-state index contributed by atoms with van der Waals surface area (Å²) in [5.74, 6) is -1.48. The number of esters is 1. The number of aldehydes is 1. The van der Waals surface area contributed by atoms with Gasteiger partial charge in [0, 0.05) is 30.4 Å². The van der Waals surface area contributed by atoms with Gasteiger partial charge in [-0.25, -0.2) is 4.79 Å². The van der Waals surface area contributed by atoms with Gasteiger partial charge in [-0.2, -0.15) is 0 Å². The van der Waals surface area contributed by atoms with Gasteiger partial charge in [0.05, 0.1) is 11.8 Å². The molecule has 32 heavy (non-hydrogen) atoms. The molecule has 1 aromatic carbocycles. The fraction of sp³-hybridized carbons (Fsp3) is 0.435. The zero-order chi connectivity index (χ0) is 23.7. The summed E-state index contributed by atoms with van der Waals surface area (Å²) in [5, 5.41) is 13.7. The smallest absolute Gasteiger partial charge is 0.328 e. The van der Waals surface area contributed by atoms with E-state index in [1.165, 1.54) is 6.92 Å². The Hall–Kier alpha value is -3.49. The van der Waals surface area contributed by atoms with Gasteiger partial charge in [-0.15, -0.1) is 0 Å². The number of ether oxygens (including phenoxy) is 1. The molecule has 4 N–H and O–H groups in total. The highest BCUT2D eigenvalue weighted by atomic mass is 16.5. The first-order chi connectivity index (χ1) is 15.2. The molecule has 1 heterocycles. The molecular weight excluding hydrogens is 412 g/mol. The molecule has 2 rings (SSSR count). The number of carbonyl (C=O) groups excluding carboxylic acids is 4. The molecule has 0 saturated carbocycles. The van der Waals surface area contributed by atoms with Gasteiger partial charge >= 0.3 is 5.97 Å². The average molecular weight is 443 g/mol. The number of benzene rings is 1. The minimum Gasteiger partial charge on any atom is -0.461 e. The highest BCUT2D eigenvalue weighted by molar-refractivity contribution is 6.26. The van der Waals surface area contributed by atoms with Crippen molar-refractivity contribution < 1.29 is 23.9 Å². The molecule has 0 aliphatic heterocycles. The number of H-pyrrole nitrogens is 1. The lowest BCUT2D eigenvalue weighted by Crippen LogP contribution is -2.52. The Labute approximate surface area is 186 Å². The number of fused-ring (bicyclic) bond motifs is 1. The molecule has 2 atom stereocenters. The van der Waals surface area contributed by atoms with E-state index in [0.29, 0.717) is 12.7 Å². The van der Waals surface area contributed by atoms with Gasteiger partial charge < -0.3 is 25.8 Å². The van der Waals surface area contributed by atoms with E-state index in [1.54, 1.807) is 20.0 Å². The van der Waals surface area contributed by atoms with Crippen LogP contribution in [-0.2, 0) is 30.3 Å². The van der Waals surface area contributed by atoms with Gasteiger partial charge in [-0.1, -0.05) is 18.2 Å². The third-order valence-electron chi connectivity index (χ3n) is 4.83. The van der Waals surface area contributed by atoms with Crippen LogP contribution < -0.4 is 10.6 Å². The molecule has 0 aliphatic carbocycles. The number of nitrogens with one attached hydrogen (secondary N) is 4. The van der Waals surface area contributed by atoms with Crippen molar-refractivity contribution in [3.63, 3.8) is 0 Å². The van der Waals surface area contributed by atoms with Crippen LogP contribution in [0.3, 0.4) is 0 Å². The second-order valence-electron chi connectivity index (χ2n) is 7.90. The van der Waals surface area contributed by atoms with Crippen molar-refractivity contribution in [1.29, 1.82) is 5.41 Å². The maximum atomic E-state index is 13.1. The van der Waals surface area contributed by atoms with E-state index >= 15 is 0 Å². The molecule has 2 amide bonds. The summed E-state index contributed by atoms with van der Waals surface area (Å²) in [6.45, 7) is 4.73. The zero-order valence-corrected chi connectivity index (χ0v) is 18.6. The summed E-state index contributed by atoms with van der Waals surface area (Å²) in [5.41, 5.74) is 1.69. The molecule has 172 valence electrons. The van der Waals surface area contributed by atoms with Crippen molar-refractivity contribution in [2.75, 3.05) is 0 Å². The summed E-state index contributed by atoms with van der Waals surface area (Å²) < 4.78 is 5.25. The second-order valence-corrected chi connectivity index (χ2v) is 7.90. The normalized spacial score (nSPS) is 12.8. The minimum atomic E-state index is -0.955. The number of aromatic nitrogens is 1. The largest absolute Gasteiger partial charge is 0.461 e. The van der Waals surface area contributed by atoms with Crippen LogP contribution in [0.15, 0.2) is 30.5 Å². The molecular formula is C23H30N4O5. The van der Waals surface area contributed by atoms with E-state index in [-0.39, 0.29) is 37.0 Å². The number of aromatic amines is 1. The van der Waals surface area contributed by atoms with Crippen LogP contribution in [0.2, 0.25) is 0 Å². The van der Waals surface area contributed by atoms with E-state index in [2.05, 4.69) is 15.6 Å². The van der Waals surface area contributed by atoms with Gasteiger partial charge in [0.15, 0.2) is 6.29 Å². The molecule has 9 nitrogen and oxygen atoms in total. The zero-order valence-electron chi connectivity index (χ0n) is 18.6. The van der Waals surface area contributed by atoms with Crippen molar-refractivity contribution in [1.82, 2.24) is 15.6 Å². The van der Waals surface area contributed by atoms with Crippen LogP contribution in [0, 0.1) is 5.41 Å². The number of rotatable bonds is 12. The third-order valence-corrected chi connectivity index (χ3v) is 4.83. The number of hydrogen-bond acceptors (Lipinski definition) is 6. The van der Waals surface area contributed by atoms with Crippen molar-refractivity contribution in [2.24, 2.45) is 0 Å². The Morgan fingerprint density at radius 3 is 2.53 bits per heavy atom. The molecule has 0 spiro atoms. The number of amides is 2. The molecule has 0 saturated heterocycles. The van der Waals surface area contributed by atoms with Gasteiger partial charge in [0.25, 0.3) is 0 Å². The maximum Gasteiger partial charge on any atom is 0.328 e. The lowest BCUT2D eigenvalue weighted by molar-refractivity contribution is -0.151. The van der Waals surface area contributed by atoms with Gasteiger partial charge in [0.2, 0.25) is 11.8 Å². The van der Waals surface area contributed by atoms with Gasteiger partial charge in [-0.3, -0.25) is 14.4 Å². The summed E-state index contributed by atoms with van der Waals surface area (Å²) >= 11 is 0. The summed E-state index contributed by atoms with van der Waals surface area (Å²) in [6, 6.07) is 5.78. The predicted octanol–water partition coefficient (Wildman–Crippen LogP) is 2.04. The van der Waals surface area contributed by atoms with Crippen LogP contribution in [0.4, 0.5) is 0 Å². The SMILES string of the molecule is CC(=O)N[C@@H](Cc1c[nH]c2ccccc12)C(=O)N[C@@H](CCCC(=N)C=O)C(=O)OC(C)C. The first kappa shape index (κ1) is 24.8. The maximum absolute atomic E-state index is 13.1. The van der Waals surface area contributed by atoms with Gasteiger partial charge in [0.1, 0.15) is 12.1 Å². The summed E-state index contributed by atoms with van der Waals surface area (Å²) in [6.07, 6.45) is 2.85. The molecule has 0 aliphatic rings. The van der Waals surface area contributed by atoms with E-state index in [1.807, 2.05) is 24.3 Å². The monoisotopic (exact) mass is 442 g/mol. The summed E-state index contributed by atoms with van der Waals surface area (Å²) in [7, 11) is 0. The van der Waals surface area contributed by atoms with E-state index < -0.39 is 24.0 Å². The van der Waals surface area contributed by atoms with Crippen LogP contribution in [0.25, 0.3) is 10.9 Å². The van der Waals surface area contributed by atoms with Crippen molar-refractivity contribution in [3.05, 3.63) is 36.0 Å².